The summed E-state index contributed by atoms with van der Waals surface area (Å²) in [4.78, 5) is 26.1. The lowest BCUT2D eigenvalue weighted by Gasteiger charge is -2.24. The second-order valence-corrected chi connectivity index (χ2v) is 18.6. The zero-order chi connectivity index (χ0) is 43.8. The number of unbranched alkanes of at least 4 members (excludes halogenated alkanes) is 35. The van der Waals surface area contributed by atoms with Crippen LogP contribution >= 0.6 is 0 Å². The molecule has 1 amide bonds. The van der Waals surface area contributed by atoms with Crippen molar-refractivity contribution < 1.29 is 24.5 Å². The van der Waals surface area contributed by atoms with Gasteiger partial charge in [-0.3, -0.25) is 9.59 Å². The van der Waals surface area contributed by atoms with Crippen LogP contribution in [0.2, 0.25) is 0 Å². The summed E-state index contributed by atoms with van der Waals surface area (Å²) < 4.78 is 5.94. The molecule has 356 valence electrons. The number of aliphatic hydroxyl groups excluding tert-OH is 2. The van der Waals surface area contributed by atoms with E-state index in [1.807, 2.05) is 0 Å². The van der Waals surface area contributed by atoms with Gasteiger partial charge in [0.05, 0.1) is 25.2 Å². The van der Waals surface area contributed by atoms with Crippen molar-refractivity contribution in [3.05, 3.63) is 12.2 Å². The fourth-order valence-electron chi connectivity index (χ4n) is 8.49. The zero-order valence-electron chi connectivity index (χ0n) is 40.6. The summed E-state index contributed by atoms with van der Waals surface area (Å²) in [6.07, 6.45) is 54.2. The van der Waals surface area contributed by atoms with Crippen molar-refractivity contribution in [2.75, 3.05) is 6.61 Å². The molecule has 0 aromatic carbocycles. The van der Waals surface area contributed by atoms with Crippen LogP contribution in [0.5, 0.6) is 0 Å². The molecule has 60 heavy (non-hydrogen) atoms. The van der Waals surface area contributed by atoms with E-state index in [1.165, 1.54) is 199 Å². The number of hydrogen-bond acceptors (Lipinski definition) is 5. The number of nitrogens with one attached hydrogen (secondary N) is 1. The maximum atomic E-state index is 13.2. The van der Waals surface area contributed by atoms with E-state index in [4.69, 9.17) is 4.74 Å². The summed E-state index contributed by atoms with van der Waals surface area (Å²) in [7, 11) is 0. The summed E-state index contributed by atoms with van der Waals surface area (Å²) in [5, 5.41) is 23.8. The highest BCUT2D eigenvalue weighted by molar-refractivity contribution is 5.77. The summed E-state index contributed by atoms with van der Waals surface area (Å²) in [6, 6.07) is -0.696. The number of carbonyl (C=O) groups excluding carboxylic acids is 2. The van der Waals surface area contributed by atoms with Gasteiger partial charge in [0.25, 0.3) is 0 Å². The van der Waals surface area contributed by atoms with E-state index in [1.54, 1.807) is 0 Å². The number of carbonyl (C=O) groups is 2. The molecule has 3 atom stereocenters. The smallest absolute Gasteiger partial charge is 0.306 e. The summed E-state index contributed by atoms with van der Waals surface area (Å²) in [5.41, 5.74) is 0. The van der Waals surface area contributed by atoms with Gasteiger partial charge in [-0.25, -0.2) is 0 Å². The minimum absolute atomic E-state index is 0.0813. The van der Waals surface area contributed by atoms with Gasteiger partial charge in [0.15, 0.2) is 0 Å². The molecule has 0 aliphatic carbocycles. The molecule has 0 fully saturated rings. The van der Waals surface area contributed by atoms with Gasteiger partial charge in [-0.05, 0) is 51.4 Å². The third kappa shape index (κ3) is 43.3. The SMILES string of the molecule is CCCCCCCCCCC/C=C/CCCCCCCC(=O)OC(CCCCCCCCCCCCC)CC(=O)NC(CO)C(O)CCCCCCCCCCCCCC. The standard InChI is InChI=1S/C54H105NO5/c1-4-7-10-13-16-19-22-24-25-26-27-28-29-32-35-38-41-44-47-54(59)60-50(45-42-39-36-33-30-21-18-15-12-9-6-3)48-53(58)55-51(49-56)52(57)46-43-40-37-34-31-23-20-17-14-11-8-5-2/h27-28,50-52,56-57H,4-26,29-49H2,1-3H3,(H,55,58)/b28-27+. The van der Waals surface area contributed by atoms with E-state index in [0.29, 0.717) is 19.3 Å². The molecule has 0 saturated carbocycles. The van der Waals surface area contributed by atoms with E-state index in [2.05, 4.69) is 38.2 Å². The predicted molar refractivity (Wildman–Crippen MR) is 260 cm³/mol. The molecule has 6 heteroatoms. The van der Waals surface area contributed by atoms with Gasteiger partial charge in [0.1, 0.15) is 6.10 Å². The molecule has 3 unspecified atom stereocenters. The lowest BCUT2D eigenvalue weighted by Crippen LogP contribution is -2.46. The molecule has 0 aliphatic rings. The van der Waals surface area contributed by atoms with E-state index in [9.17, 15) is 19.8 Å². The molecule has 3 N–H and O–H groups in total. The third-order valence-corrected chi connectivity index (χ3v) is 12.6. The van der Waals surface area contributed by atoms with E-state index < -0.39 is 18.2 Å². The fraction of sp³-hybridized carbons (Fsp3) is 0.926. The van der Waals surface area contributed by atoms with Crippen molar-refractivity contribution >= 4 is 11.9 Å². The van der Waals surface area contributed by atoms with Crippen LogP contribution in [0.1, 0.15) is 297 Å². The molecule has 0 aromatic heterocycles. The Morgan fingerprint density at radius 3 is 1.18 bits per heavy atom. The highest BCUT2D eigenvalue weighted by Gasteiger charge is 2.24. The number of rotatable bonds is 49. The van der Waals surface area contributed by atoms with Gasteiger partial charge >= 0.3 is 5.97 Å². The van der Waals surface area contributed by atoms with Gasteiger partial charge in [-0.1, -0.05) is 245 Å². The molecule has 0 aliphatic heterocycles. The van der Waals surface area contributed by atoms with Crippen molar-refractivity contribution in [3.8, 4) is 0 Å². The Hall–Kier alpha value is -1.40. The monoisotopic (exact) mass is 848 g/mol. The molecule has 0 saturated heterocycles. The Kier molecular flexibility index (Phi) is 47.5. The minimum atomic E-state index is -0.782. The van der Waals surface area contributed by atoms with Gasteiger partial charge in [-0.2, -0.15) is 0 Å². The van der Waals surface area contributed by atoms with Crippen molar-refractivity contribution in [3.63, 3.8) is 0 Å². The molecule has 0 spiro atoms. The Morgan fingerprint density at radius 1 is 0.467 bits per heavy atom. The van der Waals surface area contributed by atoms with Gasteiger partial charge in [0, 0.05) is 6.42 Å². The lowest BCUT2D eigenvalue weighted by atomic mass is 10.0. The van der Waals surface area contributed by atoms with Crippen LogP contribution in [0.25, 0.3) is 0 Å². The van der Waals surface area contributed by atoms with Crippen LogP contribution in [0.15, 0.2) is 12.2 Å². The van der Waals surface area contributed by atoms with Crippen LogP contribution in [-0.2, 0) is 14.3 Å². The third-order valence-electron chi connectivity index (χ3n) is 12.6. The second-order valence-electron chi connectivity index (χ2n) is 18.6. The average Bonchev–Trinajstić information content (AvgIpc) is 3.24. The first-order valence-electron chi connectivity index (χ1n) is 26.9. The summed E-state index contributed by atoms with van der Waals surface area (Å²) in [5.74, 6) is -0.466. The topological polar surface area (TPSA) is 95.9 Å². The average molecular weight is 848 g/mol. The molecular formula is C54H105NO5. The predicted octanol–water partition coefficient (Wildman–Crippen LogP) is 16.1. The minimum Gasteiger partial charge on any atom is -0.462 e. The van der Waals surface area contributed by atoms with Gasteiger partial charge in [0.2, 0.25) is 5.91 Å². The maximum absolute atomic E-state index is 13.2. The van der Waals surface area contributed by atoms with E-state index >= 15 is 0 Å². The summed E-state index contributed by atoms with van der Waals surface area (Å²) in [6.45, 7) is 6.50. The first-order chi connectivity index (χ1) is 29.5. The van der Waals surface area contributed by atoms with Crippen LogP contribution < -0.4 is 5.32 Å². The molecule has 6 nitrogen and oxygen atoms in total. The number of amides is 1. The maximum Gasteiger partial charge on any atom is 0.306 e. The number of hydrogen-bond donors (Lipinski definition) is 3. The zero-order valence-corrected chi connectivity index (χ0v) is 40.6. The van der Waals surface area contributed by atoms with Crippen molar-refractivity contribution in [2.45, 2.75) is 315 Å². The van der Waals surface area contributed by atoms with Crippen LogP contribution in [-0.4, -0.2) is 46.9 Å². The number of allylic oxidation sites excluding steroid dienone is 2. The van der Waals surface area contributed by atoms with E-state index in [-0.39, 0.29) is 24.9 Å². The van der Waals surface area contributed by atoms with E-state index in [0.717, 1.165) is 51.4 Å². The Labute approximate surface area is 374 Å². The Bertz CT molecular complexity index is 909. The largest absolute Gasteiger partial charge is 0.462 e. The molecule has 0 bridgehead atoms. The molecule has 0 rings (SSSR count). The molecule has 0 radical (unpaired) electrons. The van der Waals surface area contributed by atoms with Gasteiger partial charge < -0.3 is 20.3 Å². The summed E-state index contributed by atoms with van der Waals surface area (Å²) >= 11 is 0. The number of esters is 1. The Morgan fingerprint density at radius 2 is 0.800 bits per heavy atom. The molecule has 0 heterocycles. The lowest BCUT2D eigenvalue weighted by molar-refractivity contribution is -0.151. The fourth-order valence-corrected chi connectivity index (χ4v) is 8.49. The van der Waals surface area contributed by atoms with Gasteiger partial charge in [-0.15, -0.1) is 0 Å². The number of ether oxygens (including phenoxy) is 1. The molecule has 0 aromatic rings. The molecular weight excluding hydrogens is 743 g/mol. The normalized spacial score (nSPS) is 13.2. The highest BCUT2D eigenvalue weighted by atomic mass is 16.5. The quantitative estimate of drug-likeness (QED) is 0.0322. The van der Waals surface area contributed by atoms with Crippen LogP contribution in [0.4, 0.5) is 0 Å². The van der Waals surface area contributed by atoms with Crippen LogP contribution in [0.3, 0.4) is 0 Å². The Balaban J connectivity index is 4.47. The number of aliphatic hydroxyl groups is 2. The highest BCUT2D eigenvalue weighted by Crippen LogP contribution is 2.18. The van der Waals surface area contributed by atoms with Crippen molar-refractivity contribution in [1.29, 1.82) is 0 Å². The van der Waals surface area contributed by atoms with Crippen molar-refractivity contribution in [1.82, 2.24) is 5.32 Å². The first-order valence-corrected chi connectivity index (χ1v) is 26.9. The first kappa shape index (κ1) is 58.6. The van der Waals surface area contributed by atoms with Crippen molar-refractivity contribution in [2.24, 2.45) is 0 Å². The van der Waals surface area contributed by atoms with Crippen LogP contribution in [0, 0.1) is 0 Å². The second kappa shape index (κ2) is 48.6.